The van der Waals surface area contributed by atoms with Crippen molar-refractivity contribution >= 4 is 16.5 Å². The van der Waals surface area contributed by atoms with Crippen molar-refractivity contribution in [1.82, 2.24) is 9.88 Å². The Morgan fingerprint density at radius 3 is 2.72 bits per heavy atom. The molecule has 2 aliphatic rings. The van der Waals surface area contributed by atoms with Crippen LogP contribution in [0.3, 0.4) is 0 Å². The lowest BCUT2D eigenvalue weighted by Crippen LogP contribution is -2.51. The number of thiazole rings is 1. The molecule has 18 heavy (non-hydrogen) atoms. The van der Waals surface area contributed by atoms with Crippen LogP contribution in [-0.4, -0.2) is 48.6 Å². The van der Waals surface area contributed by atoms with Crippen molar-refractivity contribution in [3.05, 3.63) is 10.6 Å². The molecule has 0 bridgehead atoms. The summed E-state index contributed by atoms with van der Waals surface area (Å²) in [5.74, 6) is 0. The summed E-state index contributed by atoms with van der Waals surface area (Å²) >= 11 is 1.92. The zero-order chi connectivity index (χ0) is 12.5. The molecule has 1 saturated heterocycles. The van der Waals surface area contributed by atoms with Gasteiger partial charge in [-0.15, -0.1) is 11.3 Å². The molecule has 0 amide bonds. The average molecular weight is 266 g/mol. The lowest BCUT2D eigenvalue weighted by Gasteiger charge is -2.37. The van der Waals surface area contributed by atoms with E-state index in [2.05, 4.69) is 16.7 Å². The number of piperazine rings is 1. The molecule has 4 nitrogen and oxygen atoms in total. The van der Waals surface area contributed by atoms with Crippen LogP contribution in [0.15, 0.2) is 0 Å². The SMILES string of the molecule is CC(CN)N1CCN(c2nc3c(s2)CCC3)CC1. The summed E-state index contributed by atoms with van der Waals surface area (Å²) in [7, 11) is 0. The summed E-state index contributed by atoms with van der Waals surface area (Å²) in [6.07, 6.45) is 3.74. The van der Waals surface area contributed by atoms with Gasteiger partial charge in [0.2, 0.25) is 0 Å². The number of hydrogen-bond acceptors (Lipinski definition) is 5. The van der Waals surface area contributed by atoms with E-state index in [0.29, 0.717) is 6.04 Å². The van der Waals surface area contributed by atoms with Crippen molar-refractivity contribution in [2.45, 2.75) is 32.2 Å². The molecule has 2 heterocycles. The van der Waals surface area contributed by atoms with Gasteiger partial charge < -0.3 is 10.6 Å². The molecular formula is C13H22N4S. The van der Waals surface area contributed by atoms with Crippen LogP contribution in [0.2, 0.25) is 0 Å². The Balaban J connectivity index is 1.62. The Hall–Kier alpha value is -0.650. The maximum absolute atomic E-state index is 5.73. The number of aromatic nitrogens is 1. The van der Waals surface area contributed by atoms with E-state index in [1.54, 1.807) is 0 Å². The molecule has 3 rings (SSSR count). The van der Waals surface area contributed by atoms with Gasteiger partial charge in [-0.05, 0) is 26.2 Å². The smallest absolute Gasteiger partial charge is 0.185 e. The van der Waals surface area contributed by atoms with Gasteiger partial charge in [0, 0.05) is 43.6 Å². The van der Waals surface area contributed by atoms with Crippen molar-refractivity contribution in [3.8, 4) is 0 Å². The molecule has 0 radical (unpaired) electrons. The molecule has 0 saturated carbocycles. The molecule has 1 aliphatic carbocycles. The quantitative estimate of drug-likeness (QED) is 0.890. The molecule has 2 N–H and O–H groups in total. The Morgan fingerprint density at radius 1 is 1.28 bits per heavy atom. The minimum absolute atomic E-state index is 0.508. The number of fused-ring (bicyclic) bond motifs is 1. The Morgan fingerprint density at radius 2 is 2.06 bits per heavy atom. The second-order valence-corrected chi connectivity index (χ2v) is 6.39. The van der Waals surface area contributed by atoms with Crippen LogP contribution in [-0.2, 0) is 12.8 Å². The summed E-state index contributed by atoms with van der Waals surface area (Å²) in [6, 6.07) is 0.508. The highest BCUT2D eigenvalue weighted by Crippen LogP contribution is 2.32. The number of rotatable bonds is 3. The molecule has 0 aromatic carbocycles. The van der Waals surface area contributed by atoms with Gasteiger partial charge in [-0.1, -0.05) is 0 Å². The van der Waals surface area contributed by atoms with Crippen LogP contribution in [0.5, 0.6) is 0 Å². The standard InChI is InChI=1S/C13H22N4S/c1-10(9-14)16-5-7-17(8-6-16)13-15-11-3-2-4-12(11)18-13/h10H,2-9,14H2,1H3. The number of nitrogens with zero attached hydrogens (tertiary/aromatic N) is 3. The molecule has 1 aliphatic heterocycles. The number of nitrogens with two attached hydrogens (primary N) is 1. The first kappa shape index (κ1) is 12.4. The molecule has 5 heteroatoms. The summed E-state index contributed by atoms with van der Waals surface area (Å²) in [4.78, 5) is 11.3. The summed E-state index contributed by atoms with van der Waals surface area (Å²) in [6.45, 7) is 7.39. The number of aryl methyl sites for hydroxylation is 2. The Labute approximate surface area is 113 Å². The zero-order valence-electron chi connectivity index (χ0n) is 11.1. The van der Waals surface area contributed by atoms with E-state index in [0.717, 1.165) is 32.7 Å². The van der Waals surface area contributed by atoms with E-state index < -0.39 is 0 Å². The molecule has 0 spiro atoms. The van der Waals surface area contributed by atoms with Gasteiger partial charge in [0.1, 0.15) is 0 Å². The Bertz CT molecular complexity index is 388. The third-order valence-electron chi connectivity index (χ3n) is 4.13. The van der Waals surface area contributed by atoms with Crippen LogP contribution >= 0.6 is 11.3 Å². The minimum atomic E-state index is 0.508. The maximum atomic E-state index is 5.73. The topological polar surface area (TPSA) is 45.4 Å². The molecule has 1 aromatic heterocycles. The van der Waals surface area contributed by atoms with Crippen LogP contribution in [0.1, 0.15) is 23.9 Å². The largest absolute Gasteiger partial charge is 0.346 e. The van der Waals surface area contributed by atoms with Gasteiger partial charge in [-0.3, -0.25) is 4.90 Å². The number of anilines is 1. The summed E-state index contributed by atoms with van der Waals surface area (Å²) in [5, 5.41) is 1.25. The van der Waals surface area contributed by atoms with Crippen molar-refractivity contribution in [1.29, 1.82) is 0 Å². The van der Waals surface area contributed by atoms with Crippen LogP contribution in [0.4, 0.5) is 5.13 Å². The summed E-state index contributed by atoms with van der Waals surface area (Å²) < 4.78 is 0. The molecule has 1 fully saturated rings. The fraction of sp³-hybridized carbons (Fsp3) is 0.769. The third kappa shape index (κ3) is 2.27. The van der Waals surface area contributed by atoms with Crippen molar-refractivity contribution in [2.24, 2.45) is 5.73 Å². The van der Waals surface area contributed by atoms with Crippen molar-refractivity contribution < 1.29 is 0 Å². The highest BCUT2D eigenvalue weighted by molar-refractivity contribution is 7.15. The number of hydrogen-bond donors (Lipinski definition) is 1. The van der Waals surface area contributed by atoms with Crippen LogP contribution < -0.4 is 10.6 Å². The van der Waals surface area contributed by atoms with Gasteiger partial charge >= 0.3 is 0 Å². The van der Waals surface area contributed by atoms with Crippen LogP contribution in [0, 0.1) is 0 Å². The van der Waals surface area contributed by atoms with E-state index in [1.807, 2.05) is 11.3 Å². The summed E-state index contributed by atoms with van der Waals surface area (Å²) in [5.41, 5.74) is 7.10. The average Bonchev–Trinajstić information content (AvgIpc) is 2.99. The lowest BCUT2D eigenvalue weighted by atomic mass is 10.2. The van der Waals surface area contributed by atoms with Gasteiger partial charge in [0.25, 0.3) is 0 Å². The first-order valence-corrected chi connectivity index (χ1v) is 7.77. The highest BCUT2D eigenvalue weighted by Gasteiger charge is 2.24. The second-order valence-electron chi connectivity index (χ2n) is 5.33. The molecule has 1 aromatic rings. The predicted molar refractivity (Wildman–Crippen MR) is 76.4 cm³/mol. The van der Waals surface area contributed by atoms with Gasteiger partial charge in [-0.25, -0.2) is 4.98 Å². The van der Waals surface area contributed by atoms with Crippen molar-refractivity contribution in [2.75, 3.05) is 37.6 Å². The fourth-order valence-electron chi connectivity index (χ4n) is 2.82. The van der Waals surface area contributed by atoms with E-state index in [-0.39, 0.29) is 0 Å². The van der Waals surface area contributed by atoms with Gasteiger partial charge in [0.15, 0.2) is 5.13 Å². The Kier molecular flexibility index (Phi) is 3.54. The minimum Gasteiger partial charge on any atom is -0.346 e. The lowest BCUT2D eigenvalue weighted by molar-refractivity contribution is 0.201. The first-order valence-electron chi connectivity index (χ1n) is 6.95. The maximum Gasteiger partial charge on any atom is 0.185 e. The van der Waals surface area contributed by atoms with Crippen LogP contribution in [0.25, 0.3) is 0 Å². The van der Waals surface area contributed by atoms with E-state index in [9.17, 15) is 0 Å². The monoisotopic (exact) mass is 266 g/mol. The molecule has 1 atom stereocenters. The van der Waals surface area contributed by atoms with Gasteiger partial charge in [0.05, 0.1) is 5.69 Å². The van der Waals surface area contributed by atoms with E-state index in [1.165, 1.54) is 35.0 Å². The van der Waals surface area contributed by atoms with E-state index >= 15 is 0 Å². The fourth-order valence-corrected chi connectivity index (χ4v) is 4.01. The molecule has 100 valence electrons. The van der Waals surface area contributed by atoms with Crippen molar-refractivity contribution in [3.63, 3.8) is 0 Å². The highest BCUT2D eigenvalue weighted by atomic mass is 32.1. The van der Waals surface area contributed by atoms with Gasteiger partial charge in [-0.2, -0.15) is 0 Å². The predicted octanol–water partition coefficient (Wildman–Crippen LogP) is 1.10. The first-order chi connectivity index (χ1) is 8.78. The molecule has 1 unspecified atom stereocenters. The normalized spacial score (nSPS) is 22.2. The zero-order valence-corrected chi connectivity index (χ0v) is 11.9. The second kappa shape index (κ2) is 5.15. The molecular weight excluding hydrogens is 244 g/mol. The van der Waals surface area contributed by atoms with E-state index in [4.69, 9.17) is 10.7 Å². The third-order valence-corrected chi connectivity index (χ3v) is 5.35.